The Balaban J connectivity index is 1.71. The third-order valence-corrected chi connectivity index (χ3v) is 7.33. The number of nitrogens with zero attached hydrogens (tertiary/aromatic N) is 2. The first-order valence-electron chi connectivity index (χ1n) is 8.23. The average molecular weight is 403 g/mol. The van der Waals surface area contributed by atoms with Crippen molar-refractivity contribution in [2.24, 2.45) is 5.14 Å². The van der Waals surface area contributed by atoms with Crippen molar-refractivity contribution in [1.29, 1.82) is 0 Å². The number of hydrogen-bond acceptors (Lipinski definition) is 6. The zero-order valence-corrected chi connectivity index (χ0v) is 15.7. The van der Waals surface area contributed by atoms with Crippen molar-refractivity contribution in [3.05, 3.63) is 24.3 Å². The summed E-state index contributed by atoms with van der Waals surface area (Å²) in [6.07, 6.45) is 1.12. The van der Waals surface area contributed by atoms with Crippen LogP contribution in [0.2, 0.25) is 0 Å². The molecule has 1 unspecified atom stereocenters. The van der Waals surface area contributed by atoms with Gasteiger partial charge >= 0.3 is 0 Å². The number of nitrogens with two attached hydrogens (primary N) is 1. The molecule has 26 heavy (non-hydrogen) atoms. The van der Waals surface area contributed by atoms with E-state index < -0.39 is 26.2 Å². The van der Waals surface area contributed by atoms with Crippen LogP contribution in [-0.2, 0) is 29.6 Å². The van der Waals surface area contributed by atoms with Gasteiger partial charge in [-0.3, -0.25) is 4.79 Å². The number of primary sulfonamides is 1. The summed E-state index contributed by atoms with van der Waals surface area (Å²) in [5.41, 5.74) is 0. The number of ether oxygens (including phenoxy) is 1. The summed E-state index contributed by atoms with van der Waals surface area (Å²) in [5, 5.41) is 5.07. The number of benzene rings is 1. The zero-order valence-electron chi connectivity index (χ0n) is 14.1. The molecule has 9 nitrogen and oxygen atoms in total. The van der Waals surface area contributed by atoms with Crippen LogP contribution < -0.4 is 5.14 Å². The second-order valence-corrected chi connectivity index (χ2v) is 9.75. The van der Waals surface area contributed by atoms with E-state index in [1.165, 1.54) is 22.5 Å². The molecule has 1 amide bonds. The second-order valence-electron chi connectivity index (χ2n) is 6.25. The highest BCUT2D eigenvalue weighted by Gasteiger charge is 2.34. The van der Waals surface area contributed by atoms with E-state index in [9.17, 15) is 21.6 Å². The smallest absolute Gasteiger partial charge is 0.251 e. The van der Waals surface area contributed by atoms with Gasteiger partial charge in [0.15, 0.2) is 0 Å². The highest BCUT2D eigenvalue weighted by Crippen LogP contribution is 2.21. The molecule has 0 bridgehead atoms. The molecule has 0 aromatic heterocycles. The number of carbonyl (C=O) groups is 1. The van der Waals surface area contributed by atoms with Gasteiger partial charge in [0, 0.05) is 32.8 Å². The van der Waals surface area contributed by atoms with Crippen LogP contribution in [0, 0.1) is 0 Å². The van der Waals surface area contributed by atoms with Gasteiger partial charge in [-0.1, -0.05) is 6.07 Å². The summed E-state index contributed by atoms with van der Waals surface area (Å²) in [6.45, 7) is 1.39. The molecule has 2 aliphatic heterocycles. The number of sulfonamides is 2. The molecule has 144 valence electrons. The highest BCUT2D eigenvalue weighted by molar-refractivity contribution is 7.90. The third kappa shape index (κ3) is 3.91. The van der Waals surface area contributed by atoms with Crippen molar-refractivity contribution in [3.63, 3.8) is 0 Å². The van der Waals surface area contributed by atoms with Crippen molar-refractivity contribution in [2.75, 3.05) is 32.8 Å². The Morgan fingerprint density at radius 1 is 1.08 bits per heavy atom. The fraction of sp³-hybridized carbons (Fsp3) is 0.533. The van der Waals surface area contributed by atoms with Gasteiger partial charge in [0.05, 0.1) is 9.79 Å². The minimum absolute atomic E-state index is 0.101. The standard InChI is InChI=1S/C15H21N3O6S2/c16-25(20,21)12-3-1-4-13(11-12)26(22,23)18-8-6-17(7-9-18)15(19)14-5-2-10-24-14/h1,3-4,11,14H,2,5-10H2,(H2,16,20,21). The number of rotatable bonds is 4. The maximum atomic E-state index is 12.8. The molecule has 2 saturated heterocycles. The van der Waals surface area contributed by atoms with Crippen LogP contribution in [0.15, 0.2) is 34.1 Å². The van der Waals surface area contributed by atoms with Gasteiger partial charge in [0.1, 0.15) is 6.10 Å². The minimum Gasteiger partial charge on any atom is -0.368 e. The number of carbonyl (C=O) groups excluding carboxylic acids is 1. The van der Waals surface area contributed by atoms with Crippen LogP contribution in [0.4, 0.5) is 0 Å². The van der Waals surface area contributed by atoms with Gasteiger partial charge in [-0.05, 0) is 31.0 Å². The molecule has 3 rings (SSSR count). The molecule has 2 N–H and O–H groups in total. The van der Waals surface area contributed by atoms with Gasteiger partial charge in [0.25, 0.3) is 5.91 Å². The second kappa shape index (κ2) is 7.24. The van der Waals surface area contributed by atoms with Crippen molar-refractivity contribution in [2.45, 2.75) is 28.7 Å². The SMILES string of the molecule is NS(=O)(=O)c1cccc(S(=O)(=O)N2CCN(C(=O)C3CCCO3)CC2)c1. The van der Waals surface area contributed by atoms with Crippen molar-refractivity contribution >= 4 is 26.0 Å². The molecule has 0 aliphatic carbocycles. The van der Waals surface area contributed by atoms with Gasteiger partial charge in [-0.25, -0.2) is 22.0 Å². The monoisotopic (exact) mass is 403 g/mol. The van der Waals surface area contributed by atoms with E-state index in [0.29, 0.717) is 13.0 Å². The number of amides is 1. The topological polar surface area (TPSA) is 127 Å². The summed E-state index contributed by atoms with van der Waals surface area (Å²) in [4.78, 5) is 13.6. The molecule has 0 spiro atoms. The lowest BCUT2D eigenvalue weighted by Gasteiger charge is -2.35. The molecule has 0 saturated carbocycles. The van der Waals surface area contributed by atoms with Crippen LogP contribution in [0.1, 0.15) is 12.8 Å². The summed E-state index contributed by atoms with van der Waals surface area (Å²) >= 11 is 0. The first-order chi connectivity index (χ1) is 12.2. The Labute approximate surface area is 152 Å². The van der Waals surface area contributed by atoms with Gasteiger partial charge in [-0.2, -0.15) is 4.31 Å². The fourth-order valence-corrected chi connectivity index (χ4v) is 5.19. The van der Waals surface area contributed by atoms with Crippen molar-refractivity contribution in [1.82, 2.24) is 9.21 Å². The third-order valence-electron chi connectivity index (χ3n) is 4.53. The van der Waals surface area contributed by atoms with E-state index in [-0.39, 0.29) is 41.9 Å². The first-order valence-corrected chi connectivity index (χ1v) is 11.2. The van der Waals surface area contributed by atoms with Gasteiger partial charge in [0.2, 0.25) is 20.0 Å². The van der Waals surface area contributed by atoms with Crippen LogP contribution in [0.3, 0.4) is 0 Å². The fourth-order valence-electron chi connectivity index (χ4n) is 3.09. The normalized spacial score (nSPS) is 22.5. The lowest BCUT2D eigenvalue weighted by molar-refractivity contribution is -0.142. The largest absolute Gasteiger partial charge is 0.368 e. The number of hydrogen-bond donors (Lipinski definition) is 1. The maximum absolute atomic E-state index is 12.8. The maximum Gasteiger partial charge on any atom is 0.251 e. The van der Waals surface area contributed by atoms with E-state index in [4.69, 9.17) is 9.88 Å². The van der Waals surface area contributed by atoms with Crippen molar-refractivity contribution in [3.8, 4) is 0 Å². The minimum atomic E-state index is -4.00. The predicted molar refractivity (Wildman–Crippen MR) is 92.1 cm³/mol. The van der Waals surface area contributed by atoms with E-state index >= 15 is 0 Å². The zero-order chi connectivity index (χ0) is 18.9. The molecule has 2 heterocycles. The van der Waals surface area contributed by atoms with Crippen molar-refractivity contribution < 1.29 is 26.4 Å². The Morgan fingerprint density at radius 2 is 1.73 bits per heavy atom. The Hall–Kier alpha value is -1.53. The molecular formula is C15H21N3O6S2. The quantitative estimate of drug-likeness (QED) is 0.711. The summed E-state index contributed by atoms with van der Waals surface area (Å²) in [6, 6.07) is 4.96. The molecule has 1 aromatic rings. The van der Waals surface area contributed by atoms with Crippen LogP contribution >= 0.6 is 0 Å². The van der Waals surface area contributed by atoms with Crippen LogP contribution in [0.25, 0.3) is 0 Å². The van der Waals surface area contributed by atoms with Gasteiger partial charge < -0.3 is 9.64 Å². The Kier molecular flexibility index (Phi) is 5.35. The number of piperazine rings is 1. The highest BCUT2D eigenvalue weighted by atomic mass is 32.2. The first kappa shape index (κ1) is 19.2. The van der Waals surface area contributed by atoms with Crippen LogP contribution in [-0.4, -0.2) is 70.8 Å². The summed E-state index contributed by atoms with van der Waals surface area (Å²) in [7, 11) is -7.86. The summed E-state index contributed by atoms with van der Waals surface area (Å²) in [5.74, 6) is -0.101. The summed E-state index contributed by atoms with van der Waals surface area (Å²) < 4.78 is 55.0. The molecule has 2 fully saturated rings. The van der Waals surface area contributed by atoms with E-state index in [2.05, 4.69) is 0 Å². The molecule has 2 aliphatic rings. The molecule has 1 atom stereocenters. The lowest BCUT2D eigenvalue weighted by atomic mass is 10.2. The lowest BCUT2D eigenvalue weighted by Crippen LogP contribution is -2.52. The Bertz CT molecular complexity index is 886. The molecule has 11 heteroatoms. The Morgan fingerprint density at radius 3 is 2.31 bits per heavy atom. The van der Waals surface area contributed by atoms with Crippen LogP contribution in [0.5, 0.6) is 0 Å². The van der Waals surface area contributed by atoms with Gasteiger partial charge in [-0.15, -0.1) is 0 Å². The van der Waals surface area contributed by atoms with E-state index in [0.717, 1.165) is 12.5 Å². The van der Waals surface area contributed by atoms with E-state index in [1.54, 1.807) is 4.90 Å². The molecule has 1 aromatic carbocycles. The molecular weight excluding hydrogens is 382 g/mol. The average Bonchev–Trinajstić information content (AvgIpc) is 3.15. The molecule has 0 radical (unpaired) electrons. The predicted octanol–water partition coefficient (Wildman–Crippen LogP) is -0.654. The van der Waals surface area contributed by atoms with E-state index in [1.807, 2.05) is 0 Å².